The first-order valence-electron chi connectivity index (χ1n) is 17.2. The Morgan fingerprint density at radius 3 is 1.28 bits per heavy atom. The molecule has 1 atom stereocenters. The van der Waals surface area contributed by atoms with Crippen molar-refractivity contribution in [2.24, 2.45) is 0 Å². The number of hydrogen-bond donors (Lipinski definition) is 1. The Hall–Kier alpha value is -1.93. The van der Waals surface area contributed by atoms with Gasteiger partial charge in [-0.3, -0.25) is 4.55 Å². The fourth-order valence-electron chi connectivity index (χ4n) is 5.16. The van der Waals surface area contributed by atoms with Gasteiger partial charge >= 0.3 is 11.9 Å². The van der Waals surface area contributed by atoms with Crippen LogP contribution in [0.4, 0.5) is 0 Å². The number of hydrogen-bond acceptors (Lipinski definition) is 6. The van der Waals surface area contributed by atoms with Crippen LogP contribution in [0.15, 0.2) is 24.3 Å². The smallest absolute Gasteiger partial charge is 0.339 e. The van der Waals surface area contributed by atoms with Gasteiger partial charge in [-0.05, 0) is 25.5 Å². The topological polar surface area (TPSA) is 107 Å². The van der Waals surface area contributed by atoms with Gasteiger partial charge in [0.25, 0.3) is 10.1 Å². The predicted octanol–water partition coefficient (Wildman–Crippen LogP) is 9.88. The number of esters is 2. The van der Waals surface area contributed by atoms with E-state index in [0.29, 0.717) is 6.61 Å². The number of benzene rings is 1. The summed E-state index contributed by atoms with van der Waals surface area (Å²) in [6.45, 7) is 3.71. The van der Waals surface area contributed by atoms with Gasteiger partial charge in [-0.1, -0.05) is 147 Å². The minimum atomic E-state index is -4.19. The summed E-state index contributed by atoms with van der Waals surface area (Å²) in [4.78, 5) is 25.0. The van der Waals surface area contributed by atoms with Crippen molar-refractivity contribution >= 4 is 22.1 Å². The molecule has 248 valence electrons. The first-order chi connectivity index (χ1) is 20.8. The van der Waals surface area contributed by atoms with E-state index in [0.717, 1.165) is 19.3 Å². The van der Waals surface area contributed by atoms with E-state index in [1.807, 2.05) is 0 Å². The average Bonchev–Trinajstić information content (AvgIpc) is 2.99. The van der Waals surface area contributed by atoms with Crippen molar-refractivity contribution < 1.29 is 32.0 Å². The van der Waals surface area contributed by atoms with Crippen molar-refractivity contribution in [3.05, 3.63) is 35.4 Å². The summed E-state index contributed by atoms with van der Waals surface area (Å²) < 4.78 is 41.7. The lowest BCUT2D eigenvalue weighted by Gasteiger charge is -2.11. The van der Waals surface area contributed by atoms with Gasteiger partial charge in [0.15, 0.2) is 0 Å². The molecule has 7 nitrogen and oxygen atoms in total. The second-order valence-electron chi connectivity index (χ2n) is 12.0. The van der Waals surface area contributed by atoms with E-state index in [1.54, 1.807) is 12.1 Å². The first kappa shape index (κ1) is 39.1. The van der Waals surface area contributed by atoms with Gasteiger partial charge in [0.05, 0.1) is 29.6 Å². The third-order valence-corrected chi connectivity index (χ3v) is 9.37. The lowest BCUT2D eigenvalue weighted by Crippen LogP contribution is -2.20. The largest absolute Gasteiger partial charge is 0.462 e. The van der Waals surface area contributed by atoms with E-state index in [-0.39, 0.29) is 24.2 Å². The van der Waals surface area contributed by atoms with Crippen LogP contribution in [0.3, 0.4) is 0 Å². The minimum Gasteiger partial charge on any atom is -0.462 e. The zero-order chi connectivity index (χ0) is 31.6. The Bertz CT molecular complexity index is 961. The first-order valence-corrected chi connectivity index (χ1v) is 18.7. The van der Waals surface area contributed by atoms with E-state index in [4.69, 9.17) is 14.0 Å². The van der Waals surface area contributed by atoms with Gasteiger partial charge in [0.2, 0.25) is 0 Å². The summed E-state index contributed by atoms with van der Waals surface area (Å²) in [7, 11) is -4.19. The molecule has 1 rings (SSSR count). The fraction of sp³-hybridized carbons (Fsp3) is 0.771. The second kappa shape index (κ2) is 25.4. The Morgan fingerprint density at radius 1 is 0.605 bits per heavy atom. The van der Waals surface area contributed by atoms with Gasteiger partial charge in [0, 0.05) is 6.42 Å². The highest BCUT2D eigenvalue weighted by Gasteiger charge is 2.21. The highest BCUT2D eigenvalue weighted by molar-refractivity contribution is 7.86. The summed E-state index contributed by atoms with van der Waals surface area (Å²) in [5.41, 5.74) is 0.199. The molecular weight excluding hydrogens is 564 g/mol. The molecule has 0 heterocycles. The molecule has 0 bridgehead atoms. The molecule has 0 spiro atoms. The van der Waals surface area contributed by atoms with Crippen molar-refractivity contribution in [3.8, 4) is 0 Å². The van der Waals surface area contributed by atoms with E-state index in [1.165, 1.54) is 135 Å². The van der Waals surface area contributed by atoms with Crippen LogP contribution in [0.25, 0.3) is 0 Å². The van der Waals surface area contributed by atoms with Gasteiger partial charge in [-0.2, -0.15) is 8.42 Å². The minimum absolute atomic E-state index is 0.0450. The van der Waals surface area contributed by atoms with Crippen LogP contribution in [0.1, 0.15) is 176 Å². The summed E-state index contributed by atoms with van der Waals surface area (Å²) in [5, 5.41) is -1.05. The van der Waals surface area contributed by atoms with Crippen molar-refractivity contribution in [2.45, 2.75) is 160 Å². The second-order valence-corrected chi connectivity index (χ2v) is 13.8. The average molecular weight is 625 g/mol. The Morgan fingerprint density at radius 2 is 0.930 bits per heavy atom. The SMILES string of the molecule is CCCCCCCCCCCCCCCCCCCCCCCOC(=O)c1ccccc1C(=O)OCCC(C)S(=O)(=O)O. The summed E-state index contributed by atoms with van der Waals surface area (Å²) in [5.74, 6) is -1.31. The van der Waals surface area contributed by atoms with Crippen molar-refractivity contribution in [1.82, 2.24) is 0 Å². The Balaban J connectivity index is 1.99. The highest BCUT2D eigenvalue weighted by atomic mass is 32.2. The van der Waals surface area contributed by atoms with E-state index in [2.05, 4.69) is 6.92 Å². The number of unbranched alkanes of at least 4 members (excludes halogenated alkanes) is 20. The third-order valence-electron chi connectivity index (χ3n) is 8.11. The molecule has 43 heavy (non-hydrogen) atoms. The molecule has 1 aromatic carbocycles. The van der Waals surface area contributed by atoms with Crippen molar-refractivity contribution in [3.63, 3.8) is 0 Å². The molecule has 1 unspecified atom stereocenters. The third kappa shape index (κ3) is 20.6. The van der Waals surface area contributed by atoms with Crippen LogP contribution in [0.5, 0.6) is 0 Å². The van der Waals surface area contributed by atoms with Crippen LogP contribution in [-0.4, -0.2) is 43.4 Å². The molecule has 0 aliphatic rings. The molecule has 0 amide bonds. The maximum Gasteiger partial charge on any atom is 0.339 e. The van der Waals surface area contributed by atoms with Crippen LogP contribution in [0, 0.1) is 0 Å². The van der Waals surface area contributed by atoms with Gasteiger partial charge < -0.3 is 9.47 Å². The van der Waals surface area contributed by atoms with Crippen LogP contribution in [-0.2, 0) is 19.6 Å². The van der Waals surface area contributed by atoms with Crippen molar-refractivity contribution in [2.75, 3.05) is 13.2 Å². The molecule has 0 saturated heterocycles. The van der Waals surface area contributed by atoms with E-state index >= 15 is 0 Å². The van der Waals surface area contributed by atoms with Crippen LogP contribution >= 0.6 is 0 Å². The number of carbonyl (C=O) groups excluding carboxylic acids is 2. The number of rotatable bonds is 28. The zero-order valence-electron chi connectivity index (χ0n) is 27.2. The van der Waals surface area contributed by atoms with Gasteiger partial charge in [-0.15, -0.1) is 0 Å². The van der Waals surface area contributed by atoms with Gasteiger partial charge in [-0.25, -0.2) is 9.59 Å². The maximum atomic E-state index is 12.6. The fourth-order valence-corrected chi connectivity index (χ4v) is 5.55. The number of carbonyl (C=O) groups is 2. The lowest BCUT2D eigenvalue weighted by molar-refractivity contribution is 0.0451. The highest BCUT2D eigenvalue weighted by Crippen LogP contribution is 2.16. The Kier molecular flexibility index (Phi) is 23.1. The molecule has 0 aromatic heterocycles. The van der Waals surface area contributed by atoms with Crippen LogP contribution in [0.2, 0.25) is 0 Å². The Labute approximate surface area is 262 Å². The normalized spacial score (nSPS) is 12.3. The van der Waals surface area contributed by atoms with E-state index < -0.39 is 27.3 Å². The molecular formula is C35H60O7S. The lowest BCUT2D eigenvalue weighted by atomic mass is 10.0. The quantitative estimate of drug-likeness (QED) is 0.0561. The molecule has 0 aliphatic carbocycles. The summed E-state index contributed by atoms with van der Waals surface area (Å²) >= 11 is 0. The molecule has 1 N–H and O–H groups in total. The molecule has 1 aromatic rings. The van der Waals surface area contributed by atoms with Crippen LogP contribution < -0.4 is 0 Å². The van der Waals surface area contributed by atoms with Gasteiger partial charge in [0.1, 0.15) is 0 Å². The molecule has 0 saturated carbocycles. The summed E-state index contributed by atoms with van der Waals surface area (Å²) in [6.07, 6.45) is 27.6. The standard InChI is InChI=1S/C35H60O7S/c1-3-4-5-6-7-8-9-10-11-12-13-14-15-16-17-18-19-20-21-22-25-29-41-34(36)32-26-23-24-27-33(32)35(37)42-30-28-31(2)43(38,39)40/h23-24,26-27,31H,3-22,25,28-30H2,1-2H3,(H,38,39,40). The molecule has 0 radical (unpaired) electrons. The molecule has 0 fully saturated rings. The predicted molar refractivity (Wildman–Crippen MR) is 175 cm³/mol. The number of ether oxygens (including phenoxy) is 2. The maximum absolute atomic E-state index is 12.6. The zero-order valence-corrected chi connectivity index (χ0v) is 28.0. The van der Waals surface area contributed by atoms with E-state index in [9.17, 15) is 18.0 Å². The molecule has 8 heteroatoms. The monoisotopic (exact) mass is 624 g/mol. The summed E-state index contributed by atoms with van der Waals surface area (Å²) in [6, 6.07) is 6.25. The molecule has 0 aliphatic heterocycles. The van der Waals surface area contributed by atoms with Crippen molar-refractivity contribution in [1.29, 1.82) is 0 Å².